The maximum Gasteiger partial charge on any atom is 0.132 e. The quantitative estimate of drug-likeness (QED) is 0.182. The zero-order valence-corrected chi connectivity index (χ0v) is 27.4. The van der Waals surface area contributed by atoms with Crippen molar-refractivity contribution in [1.29, 1.82) is 0 Å². The molecule has 0 unspecified atom stereocenters. The second kappa shape index (κ2) is 13.5. The zero-order chi connectivity index (χ0) is 33.9. The predicted molar refractivity (Wildman–Crippen MR) is 208 cm³/mol. The van der Waals surface area contributed by atoms with E-state index in [1.165, 1.54) is 0 Å². The highest BCUT2D eigenvalue weighted by Crippen LogP contribution is 2.58. The van der Waals surface area contributed by atoms with E-state index in [0.717, 1.165) is 77.9 Å². The van der Waals surface area contributed by atoms with Crippen LogP contribution in [0.15, 0.2) is 194 Å². The van der Waals surface area contributed by atoms with Crippen LogP contribution in [-0.2, 0) is 0 Å². The molecule has 2 N–H and O–H groups in total. The van der Waals surface area contributed by atoms with Crippen molar-refractivity contribution in [2.75, 3.05) is 0 Å². The fourth-order valence-corrected chi connectivity index (χ4v) is 7.17. The molecule has 0 saturated carbocycles. The van der Waals surface area contributed by atoms with Crippen LogP contribution in [0.4, 0.5) is 0 Å². The van der Waals surface area contributed by atoms with Gasteiger partial charge in [0.15, 0.2) is 0 Å². The van der Waals surface area contributed by atoms with Crippen LogP contribution in [0, 0.1) is 0 Å². The summed E-state index contributed by atoms with van der Waals surface area (Å²) in [6, 6.07) is 65.2. The van der Waals surface area contributed by atoms with Gasteiger partial charge in [-0.2, -0.15) is 0 Å². The van der Waals surface area contributed by atoms with Gasteiger partial charge in [-0.15, -0.1) is 0 Å². The fraction of sp³-hybridized carbons (Fsp3) is 0. The third kappa shape index (κ3) is 5.53. The molecule has 0 heterocycles. The average Bonchev–Trinajstić information content (AvgIpc) is 3.19. The number of rotatable bonds is 7. The molecular formula is C48H34O2. The summed E-state index contributed by atoms with van der Waals surface area (Å²) in [5.74, 6) is 0.416. The van der Waals surface area contributed by atoms with Gasteiger partial charge in [0, 0.05) is 33.4 Å². The topological polar surface area (TPSA) is 40.5 Å². The van der Waals surface area contributed by atoms with Gasteiger partial charge in [0.05, 0.1) is 0 Å². The molecule has 0 bridgehead atoms. The standard InChI is InChI=1S/C48H34O2/c49-40-32-31-39(41(33-19-7-1-8-20-33)42(40)34-21-9-2-10-22-34)47-43(35-23-11-3-12-24-35)45(37-27-15-5-16-28-37)48(50)46(38-29-17-6-18-30-38)44(47)36-25-13-4-14-26-36/h1-32,49-50H. The summed E-state index contributed by atoms with van der Waals surface area (Å²) in [4.78, 5) is 0. The van der Waals surface area contributed by atoms with Gasteiger partial charge in [0.1, 0.15) is 11.5 Å². The van der Waals surface area contributed by atoms with Gasteiger partial charge in [-0.1, -0.05) is 182 Å². The Bertz CT molecular complexity index is 2280. The van der Waals surface area contributed by atoms with Crippen molar-refractivity contribution in [2.24, 2.45) is 0 Å². The Labute approximate surface area is 292 Å². The maximum absolute atomic E-state index is 12.8. The second-order valence-electron chi connectivity index (χ2n) is 12.3. The highest BCUT2D eigenvalue weighted by Gasteiger charge is 2.30. The minimum atomic E-state index is 0.201. The van der Waals surface area contributed by atoms with E-state index in [1.807, 2.05) is 133 Å². The van der Waals surface area contributed by atoms with E-state index >= 15 is 0 Å². The van der Waals surface area contributed by atoms with Crippen LogP contribution in [0.5, 0.6) is 11.5 Å². The van der Waals surface area contributed by atoms with Gasteiger partial charge in [0.2, 0.25) is 0 Å². The lowest BCUT2D eigenvalue weighted by atomic mass is 9.75. The minimum absolute atomic E-state index is 0.201. The first-order chi connectivity index (χ1) is 24.7. The van der Waals surface area contributed by atoms with Gasteiger partial charge >= 0.3 is 0 Å². The first kappa shape index (κ1) is 30.7. The molecule has 0 aliphatic rings. The Hall–Kier alpha value is -6.64. The summed E-state index contributed by atoms with van der Waals surface area (Å²) in [7, 11) is 0. The zero-order valence-electron chi connectivity index (χ0n) is 27.4. The predicted octanol–water partition coefficient (Wildman–Crippen LogP) is 12.8. The van der Waals surface area contributed by atoms with Gasteiger partial charge in [-0.05, 0) is 56.6 Å². The highest BCUT2D eigenvalue weighted by molar-refractivity contribution is 6.14. The second-order valence-corrected chi connectivity index (χ2v) is 12.3. The van der Waals surface area contributed by atoms with Crippen molar-refractivity contribution in [3.05, 3.63) is 194 Å². The molecule has 0 aromatic heterocycles. The molecule has 0 atom stereocenters. The molecule has 8 aromatic rings. The van der Waals surface area contributed by atoms with E-state index in [1.54, 1.807) is 0 Å². The Morgan fingerprint density at radius 1 is 0.220 bits per heavy atom. The number of phenols is 2. The van der Waals surface area contributed by atoms with Crippen molar-refractivity contribution in [3.8, 4) is 89.4 Å². The monoisotopic (exact) mass is 642 g/mol. The third-order valence-electron chi connectivity index (χ3n) is 9.30. The van der Waals surface area contributed by atoms with Crippen LogP contribution in [0.1, 0.15) is 0 Å². The number of aromatic hydroxyl groups is 2. The van der Waals surface area contributed by atoms with E-state index in [0.29, 0.717) is 0 Å². The summed E-state index contributed by atoms with van der Waals surface area (Å²) >= 11 is 0. The van der Waals surface area contributed by atoms with Crippen molar-refractivity contribution in [1.82, 2.24) is 0 Å². The molecule has 0 spiro atoms. The highest BCUT2D eigenvalue weighted by atomic mass is 16.3. The smallest absolute Gasteiger partial charge is 0.132 e. The molecule has 8 aromatic carbocycles. The first-order valence-corrected chi connectivity index (χ1v) is 16.8. The van der Waals surface area contributed by atoms with E-state index in [2.05, 4.69) is 60.7 Å². The molecule has 0 aliphatic carbocycles. The lowest BCUT2D eigenvalue weighted by Gasteiger charge is -2.28. The van der Waals surface area contributed by atoms with E-state index in [-0.39, 0.29) is 11.5 Å². The van der Waals surface area contributed by atoms with Gasteiger partial charge < -0.3 is 10.2 Å². The number of benzene rings is 8. The summed E-state index contributed by atoms with van der Waals surface area (Å²) in [6.07, 6.45) is 0. The maximum atomic E-state index is 12.8. The molecule has 8 rings (SSSR count). The molecule has 0 aliphatic heterocycles. The average molecular weight is 643 g/mol. The summed E-state index contributed by atoms with van der Waals surface area (Å²) in [5, 5.41) is 24.5. The molecule has 0 fully saturated rings. The van der Waals surface area contributed by atoms with Crippen LogP contribution in [0.25, 0.3) is 77.9 Å². The van der Waals surface area contributed by atoms with Crippen LogP contribution < -0.4 is 0 Å². The van der Waals surface area contributed by atoms with E-state index in [4.69, 9.17) is 0 Å². The largest absolute Gasteiger partial charge is 0.507 e. The Balaban J connectivity index is 1.67. The third-order valence-corrected chi connectivity index (χ3v) is 9.30. The normalized spacial score (nSPS) is 11.0. The fourth-order valence-electron chi connectivity index (χ4n) is 7.17. The van der Waals surface area contributed by atoms with Gasteiger partial charge in [-0.3, -0.25) is 0 Å². The molecule has 2 heteroatoms. The molecule has 0 saturated heterocycles. The Morgan fingerprint density at radius 3 is 0.840 bits per heavy atom. The summed E-state index contributed by atoms with van der Waals surface area (Å²) in [5.41, 5.74) is 12.6. The SMILES string of the molecule is Oc1ccc(-c2c(-c3ccccc3)c(-c3ccccc3)c(O)c(-c3ccccc3)c2-c2ccccc2)c(-c2ccccc2)c1-c1ccccc1. The van der Waals surface area contributed by atoms with Crippen LogP contribution in [0.3, 0.4) is 0 Å². The molecule has 2 nitrogen and oxygen atoms in total. The number of hydrogen-bond acceptors (Lipinski definition) is 2. The van der Waals surface area contributed by atoms with Crippen LogP contribution >= 0.6 is 0 Å². The molecule has 238 valence electrons. The summed E-state index contributed by atoms with van der Waals surface area (Å²) in [6.45, 7) is 0. The lowest BCUT2D eigenvalue weighted by molar-refractivity contribution is 0.477. The Morgan fingerprint density at radius 2 is 0.500 bits per heavy atom. The van der Waals surface area contributed by atoms with E-state index in [9.17, 15) is 10.2 Å². The molecular weight excluding hydrogens is 609 g/mol. The van der Waals surface area contributed by atoms with Crippen molar-refractivity contribution >= 4 is 0 Å². The summed E-state index contributed by atoms with van der Waals surface area (Å²) < 4.78 is 0. The number of phenolic OH excluding ortho intramolecular Hbond substituents is 2. The van der Waals surface area contributed by atoms with E-state index < -0.39 is 0 Å². The lowest BCUT2D eigenvalue weighted by Crippen LogP contribution is -2.01. The Kier molecular flexibility index (Phi) is 8.26. The van der Waals surface area contributed by atoms with Crippen molar-refractivity contribution in [2.45, 2.75) is 0 Å². The number of hydrogen-bond donors (Lipinski definition) is 2. The minimum Gasteiger partial charge on any atom is -0.507 e. The van der Waals surface area contributed by atoms with Gasteiger partial charge in [0.25, 0.3) is 0 Å². The molecule has 0 radical (unpaired) electrons. The molecule has 0 amide bonds. The van der Waals surface area contributed by atoms with Gasteiger partial charge in [-0.25, -0.2) is 0 Å². The molecule has 50 heavy (non-hydrogen) atoms. The van der Waals surface area contributed by atoms with Crippen LogP contribution in [0.2, 0.25) is 0 Å². The first-order valence-electron chi connectivity index (χ1n) is 16.8. The van der Waals surface area contributed by atoms with Crippen molar-refractivity contribution in [3.63, 3.8) is 0 Å². The van der Waals surface area contributed by atoms with Crippen molar-refractivity contribution < 1.29 is 10.2 Å². The van der Waals surface area contributed by atoms with Crippen LogP contribution in [-0.4, -0.2) is 10.2 Å².